The summed E-state index contributed by atoms with van der Waals surface area (Å²) in [6.45, 7) is 0. The molecule has 1 aromatic rings. The van der Waals surface area contributed by atoms with Crippen LogP contribution < -0.4 is 0 Å². The molecular weight excluding hydrogens is 387 g/mol. The molecule has 0 radical (unpaired) electrons. The van der Waals surface area contributed by atoms with E-state index < -0.39 is 22.8 Å². The zero-order chi connectivity index (χ0) is 12.7. The summed E-state index contributed by atoms with van der Waals surface area (Å²) in [6, 6.07) is 0. The molecule has 90 valence electrons. The molecule has 0 spiro atoms. The lowest BCUT2D eigenvalue weighted by atomic mass is 10.2. The molecule has 0 bridgehead atoms. The summed E-state index contributed by atoms with van der Waals surface area (Å²) in [5, 5.41) is 1.24. The zero-order valence-electron chi connectivity index (χ0n) is 7.04. The molecule has 0 fully saturated rings. The van der Waals surface area contributed by atoms with Crippen LogP contribution in [0.1, 0.15) is 9.67 Å². The molecule has 0 N–H and O–H groups in total. The molecule has 0 aliphatic carbocycles. The second-order valence-electron chi connectivity index (χ2n) is 2.63. The standard InChI is InChI=1S/C7HBr2F5OS/c8-2-1-16-4(3(2)9)5(15)6(10,11)7(12,13)14/h1H. The lowest BCUT2D eigenvalue weighted by Gasteiger charge is -2.17. The van der Waals surface area contributed by atoms with Crippen molar-refractivity contribution in [3.05, 3.63) is 19.2 Å². The number of halogens is 7. The van der Waals surface area contributed by atoms with Crippen molar-refractivity contribution in [1.82, 2.24) is 0 Å². The van der Waals surface area contributed by atoms with Gasteiger partial charge in [-0.25, -0.2) is 0 Å². The van der Waals surface area contributed by atoms with Gasteiger partial charge in [0, 0.05) is 9.85 Å². The Morgan fingerprint density at radius 3 is 2.00 bits per heavy atom. The predicted octanol–water partition coefficient (Wildman–Crippen LogP) is 4.65. The summed E-state index contributed by atoms with van der Waals surface area (Å²) in [4.78, 5) is 10.4. The molecule has 0 aliphatic rings. The number of carbonyl (C=O) groups excluding carboxylic acids is 1. The van der Waals surface area contributed by atoms with Gasteiger partial charge in [-0.3, -0.25) is 4.79 Å². The van der Waals surface area contributed by atoms with E-state index in [0.717, 1.165) is 0 Å². The van der Waals surface area contributed by atoms with Crippen LogP contribution in [0, 0.1) is 0 Å². The van der Waals surface area contributed by atoms with Gasteiger partial charge >= 0.3 is 12.1 Å². The van der Waals surface area contributed by atoms with E-state index in [2.05, 4.69) is 31.9 Å². The maximum Gasteiger partial charge on any atom is 0.461 e. The van der Waals surface area contributed by atoms with Crippen molar-refractivity contribution in [1.29, 1.82) is 0 Å². The highest BCUT2D eigenvalue weighted by Gasteiger charge is 2.63. The Bertz CT molecular complexity index is 425. The largest absolute Gasteiger partial charge is 0.461 e. The first kappa shape index (κ1) is 14.0. The minimum absolute atomic E-state index is 0.105. The highest BCUT2D eigenvalue weighted by Crippen LogP contribution is 2.42. The van der Waals surface area contributed by atoms with Gasteiger partial charge in [0.25, 0.3) is 5.78 Å². The van der Waals surface area contributed by atoms with Crippen LogP contribution in [-0.2, 0) is 0 Å². The highest BCUT2D eigenvalue weighted by atomic mass is 79.9. The van der Waals surface area contributed by atoms with Crippen molar-refractivity contribution < 1.29 is 26.7 Å². The molecule has 0 aromatic carbocycles. The monoisotopic (exact) mass is 386 g/mol. The van der Waals surface area contributed by atoms with Crippen molar-refractivity contribution >= 4 is 49.0 Å². The van der Waals surface area contributed by atoms with Crippen LogP contribution in [0.5, 0.6) is 0 Å². The van der Waals surface area contributed by atoms with Crippen molar-refractivity contribution in [2.75, 3.05) is 0 Å². The molecule has 1 heterocycles. The summed E-state index contributed by atoms with van der Waals surface area (Å²) >= 11 is 6.14. The van der Waals surface area contributed by atoms with Gasteiger partial charge in [-0.15, -0.1) is 11.3 Å². The van der Waals surface area contributed by atoms with E-state index in [0.29, 0.717) is 11.3 Å². The highest BCUT2D eigenvalue weighted by molar-refractivity contribution is 9.13. The molecule has 0 aliphatic heterocycles. The number of carbonyl (C=O) groups is 1. The summed E-state index contributed by atoms with van der Waals surface area (Å²) in [6.07, 6.45) is -5.89. The first-order valence-corrected chi connectivity index (χ1v) is 5.97. The second-order valence-corrected chi connectivity index (χ2v) is 5.16. The summed E-state index contributed by atoms with van der Waals surface area (Å²) in [5.41, 5.74) is 0. The fraction of sp³-hybridized carbons (Fsp3) is 0.286. The van der Waals surface area contributed by atoms with Gasteiger partial charge < -0.3 is 0 Å². The Labute approximate surface area is 107 Å². The average Bonchev–Trinajstić information content (AvgIpc) is 2.45. The van der Waals surface area contributed by atoms with Gasteiger partial charge in [-0.2, -0.15) is 22.0 Å². The maximum absolute atomic E-state index is 12.7. The number of thiophene rings is 1. The van der Waals surface area contributed by atoms with Crippen LogP contribution in [0.3, 0.4) is 0 Å². The van der Waals surface area contributed by atoms with Crippen LogP contribution in [-0.4, -0.2) is 17.9 Å². The third kappa shape index (κ3) is 2.30. The van der Waals surface area contributed by atoms with Crippen molar-refractivity contribution in [3.8, 4) is 0 Å². The molecule has 0 atom stereocenters. The molecule has 1 aromatic heterocycles. The predicted molar refractivity (Wildman–Crippen MR) is 55.1 cm³/mol. The first-order valence-electron chi connectivity index (χ1n) is 3.51. The topological polar surface area (TPSA) is 17.1 Å². The summed E-state index contributed by atoms with van der Waals surface area (Å²) < 4.78 is 61.3. The average molecular weight is 388 g/mol. The molecule has 1 rings (SSSR count). The molecule has 0 saturated carbocycles. The first-order chi connectivity index (χ1) is 7.09. The number of rotatable bonds is 2. The Hall–Kier alpha value is -0.0200. The third-order valence-corrected chi connectivity index (χ3v) is 5.06. The lowest BCUT2D eigenvalue weighted by Crippen LogP contribution is -2.43. The molecule has 9 heteroatoms. The fourth-order valence-corrected chi connectivity index (χ4v) is 2.87. The lowest BCUT2D eigenvalue weighted by molar-refractivity contribution is -0.255. The van der Waals surface area contributed by atoms with Crippen molar-refractivity contribution in [3.63, 3.8) is 0 Å². The quantitative estimate of drug-likeness (QED) is 0.533. The Morgan fingerprint density at radius 2 is 1.69 bits per heavy atom. The Kier molecular flexibility index (Phi) is 3.81. The van der Waals surface area contributed by atoms with Gasteiger partial charge in [0.15, 0.2) is 0 Å². The van der Waals surface area contributed by atoms with E-state index in [9.17, 15) is 26.7 Å². The smallest absolute Gasteiger partial charge is 0.286 e. The van der Waals surface area contributed by atoms with Crippen LogP contribution in [0.25, 0.3) is 0 Å². The second kappa shape index (κ2) is 4.34. The van der Waals surface area contributed by atoms with E-state index in [1.807, 2.05) is 0 Å². The van der Waals surface area contributed by atoms with E-state index in [4.69, 9.17) is 0 Å². The number of Topliss-reactive ketones (excluding diaryl/α,β-unsaturated/α-hetero) is 1. The number of alkyl halides is 5. The number of hydrogen-bond acceptors (Lipinski definition) is 2. The SMILES string of the molecule is O=C(c1scc(Br)c1Br)C(F)(F)C(F)(F)F. The van der Waals surface area contributed by atoms with Crippen LogP contribution >= 0.6 is 43.2 Å². The zero-order valence-corrected chi connectivity index (χ0v) is 11.0. The summed E-state index contributed by atoms with van der Waals surface area (Å²) in [5.74, 6) is -7.64. The third-order valence-electron chi connectivity index (χ3n) is 1.54. The van der Waals surface area contributed by atoms with Crippen LogP contribution in [0.2, 0.25) is 0 Å². The van der Waals surface area contributed by atoms with E-state index in [-0.39, 0.29) is 8.95 Å². The number of hydrogen-bond donors (Lipinski definition) is 0. The molecular formula is C7HBr2F5OS. The van der Waals surface area contributed by atoms with Crippen molar-refractivity contribution in [2.24, 2.45) is 0 Å². The minimum Gasteiger partial charge on any atom is -0.286 e. The van der Waals surface area contributed by atoms with E-state index in [1.165, 1.54) is 5.38 Å². The van der Waals surface area contributed by atoms with E-state index >= 15 is 0 Å². The summed E-state index contributed by atoms with van der Waals surface area (Å²) in [7, 11) is 0. The molecule has 1 nitrogen and oxygen atoms in total. The molecule has 0 amide bonds. The minimum atomic E-state index is -5.89. The van der Waals surface area contributed by atoms with E-state index in [1.54, 1.807) is 0 Å². The fourth-order valence-electron chi connectivity index (χ4n) is 0.747. The molecule has 16 heavy (non-hydrogen) atoms. The Balaban J connectivity index is 3.18. The van der Waals surface area contributed by atoms with Crippen molar-refractivity contribution in [2.45, 2.75) is 12.1 Å². The van der Waals surface area contributed by atoms with Gasteiger partial charge in [0.2, 0.25) is 0 Å². The van der Waals surface area contributed by atoms with Gasteiger partial charge in [-0.1, -0.05) is 0 Å². The normalized spacial score (nSPS) is 12.9. The Morgan fingerprint density at radius 1 is 1.19 bits per heavy atom. The van der Waals surface area contributed by atoms with Crippen LogP contribution in [0.4, 0.5) is 22.0 Å². The molecule has 0 saturated heterocycles. The van der Waals surface area contributed by atoms with Gasteiger partial charge in [-0.05, 0) is 31.9 Å². The number of ketones is 1. The maximum atomic E-state index is 12.7. The van der Waals surface area contributed by atoms with Crippen LogP contribution in [0.15, 0.2) is 14.3 Å². The van der Waals surface area contributed by atoms with Gasteiger partial charge in [0.1, 0.15) is 0 Å². The van der Waals surface area contributed by atoms with Gasteiger partial charge in [0.05, 0.1) is 9.35 Å². The molecule has 0 unspecified atom stereocenters.